The van der Waals surface area contributed by atoms with E-state index >= 15 is 0 Å². The zero-order chi connectivity index (χ0) is 26.4. The van der Waals surface area contributed by atoms with Crippen LogP contribution in [0.1, 0.15) is 23.1 Å². The highest BCUT2D eigenvalue weighted by Crippen LogP contribution is 2.36. The van der Waals surface area contributed by atoms with Crippen LogP contribution in [0.5, 0.6) is 5.75 Å². The number of nitrogens with one attached hydrogen (secondary N) is 1. The number of esters is 1. The Morgan fingerprint density at radius 1 is 1.19 bits per heavy atom. The van der Waals surface area contributed by atoms with Crippen molar-refractivity contribution in [1.29, 1.82) is 0 Å². The summed E-state index contributed by atoms with van der Waals surface area (Å²) >= 11 is 8.44. The van der Waals surface area contributed by atoms with Gasteiger partial charge < -0.3 is 19.4 Å². The fraction of sp³-hybridized carbons (Fsp3) is 0.200. The molecule has 0 aliphatic heterocycles. The molecule has 0 fully saturated rings. The van der Waals surface area contributed by atoms with Crippen LogP contribution in [0, 0.1) is 5.82 Å². The minimum atomic E-state index is -0.496. The molecule has 0 radical (unpaired) electrons. The second kappa shape index (κ2) is 12.2. The van der Waals surface area contributed by atoms with Crippen LogP contribution in [0.15, 0.2) is 59.1 Å². The Bertz CT molecular complexity index is 1410. The number of amides is 1. The van der Waals surface area contributed by atoms with Crippen molar-refractivity contribution in [2.45, 2.75) is 18.7 Å². The van der Waals surface area contributed by atoms with Gasteiger partial charge in [0.05, 0.1) is 17.4 Å². The Labute approximate surface area is 225 Å². The minimum Gasteiger partial charge on any atom is -0.484 e. The number of aromatic nitrogens is 3. The van der Waals surface area contributed by atoms with E-state index in [9.17, 15) is 14.0 Å². The lowest BCUT2D eigenvalue weighted by Gasteiger charge is -2.09. The molecule has 0 bridgehead atoms. The number of thiophene rings is 1. The van der Waals surface area contributed by atoms with Crippen LogP contribution < -0.4 is 10.1 Å². The number of hydrogen-bond donors (Lipinski definition) is 1. The van der Waals surface area contributed by atoms with Crippen molar-refractivity contribution in [2.75, 3.05) is 17.7 Å². The highest BCUT2D eigenvalue weighted by Gasteiger charge is 2.23. The molecule has 2 heterocycles. The smallest absolute Gasteiger partial charge is 0.341 e. The molecule has 0 aliphatic carbocycles. The summed E-state index contributed by atoms with van der Waals surface area (Å²) in [5.74, 6) is -0.402. The third-order valence-corrected chi connectivity index (χ3v) is 7.33. The van der Waals surface area contributed by atoms with E-state index in [-0.39, 0.29) is 29.9 Å². The number of thioether (sulfide) groups is 1. The number of hydrogen-bond acceptors (Lipinski definition) is 8. The molecule has 1 amide bonds. The maximum Gasteiger partial charge on any atom is 0.341 e. The predicted molar refractivity (Wildman–Crippen MR) is 142 cm³/mol. The van der Waals surface area contributed by atoms with E-state index in [4.69, 9.17) is 21.1 Å². The average Bonchev–Trinajstić information content (AvgIpc) is 3.46. The summed E-state index contributed by atoms with van der Waals surface area (Å²) in [6, 6.07) is 13.3. The van der Waals surface area contributed by atoms with Gasteiger partial charge in [0, 0.05) is 18.0 Å². The van der Waals surface area contributed by atoms with E-state index in [1.165, 1.54) is 35.2 Å². The van der Waals surface area contributed by atoms with Gasteiger partial charge in [0.25, 0.3) is 0 Å². The maximum atomic E-state index is 13.2. The Morgan fingerprint density at radius 2 is 1.97 bits per heavy atom. The van der Waals surface area contributed by atoms with Crippen molar-refractivity contribution < 1.29 is 23.5 Å². The number of benzene rings is 2. The second-order valence-corrected chi connectivity index (χ2v) is 9.83. The van der Waals surface area contributed by atoms with Crippen LogP contribution in [0.3, 0.4) is 0 Å². The molecule has 4 rings (SSSR count). The van der Waals surface area contributed by atoms with E-state index in [1.807, 2.05) is 35.7 Å². The van der Waals surface area contributed by atoms with E-state index in [2.05, 4.69) is 15.5 Å². The molecule has 0 saturated heterocycles. The number of carbonyl (C=O) groups is 2. The topological polar surface area (TPSA) is 95.3 Å². The Hall–Kier alpha value is -3.41. The summed E-state index contributed by atoms with van der Waals surface area (Å²) in [5.41, 5.74) is 1.88. The molecule has 192 valence electrons. The van der Waals surface area contributed by atoms with E-state index < -0.39 is 11.8 Å². The van der Waals surface area contributed by atoms with Gasteiger partial charge in [-0.1, -0.05) is 53.7 Å². The normalized spacial score (nSPS) is 10.8. The standard InChI is InChI=1S/C25H22ClFN4O4S2/c1-3-34-24(33)22-17(15-7-5-4-6-8-15)13-36-23(22)28-21(32)14-37-25-30-29-20(31(25)2)12-35-19-10-9-16(27)11-18(19)26/h4-11,13H,3,12,14H2,1-2H3,(H,28,32). The van der Waals surface area contributed by atoms with Crippen molar-refractivity contribution in [1.82, 2.24) is 14.8 Å². The average molecular weight is 561 g/mol. The van der Waals surface area contributed by atoms with Gasteiger partial charge in [-0.15, -0.1) is 21.5 Å². The first-order chi connectivity index (χ1) is 17.9. The van der Waals surface area contributed by atoms with Crippen molar-refractivity contribution in [3.8, 4) is 16.9 Å². The Balaban J connectivity index is 1.40. The molecule has 0 atom stereocenters. The first kappa shape index (κ1) is 26.6. The van der Waals surface area contributed by atoms with Gasteiger partial charge in [-0.3, -0.25) is 4.79 Å². The number of rotatable bonds is 10. The van der Waals surface area contributed by atoms with E-state index in [0.717, 1.165) is 11.6 Å². The number of halogens is 2. The molecular weight excluding hydrogens is 539 g/mol. The lowest BCUT2D eigenvalue weighted by atomic mass is 10.0. The van der Waals surface area contributed by atoms with Crippen molar-refractivity contribution in [3.05, 3.63) is 76.1 Å². The van der Waals surface area contributed by atoms with Crippen LogP contribution in [-0.2, 0) is 23.2 Å². The Morgan fingerprint density at radius 3 is 2.70 bits per heavy atom. The molecule has 0 saturated carbocycles. The molecule has 2 aromatic carbocycles. The van der Waals surface area contributed by atoms with Gasteiger partial charge >= 0.3 is 5.97 Å². The number of carbonyl (C=O) groups excluding carboxylic acids is 2. The van der Waals surface area contributed by atoms with Gasteiger partial charge in [0.1, 0.15) is 28.7 Å². The van der Waals surface area contributed by atoms with Crippen LogP contribution in [0.2, 0.25) is 5.02 Å². The molecule has 37 heavy (non-hydrogen) atoms. The SMILES string of the molecule is CCOC(=O)c1c(-c2ccccc2)csc1NC(=O)CSc1nnc(COc2ccc(F)cc2Cl)n1C. The van der Waals surface area contributed by atoms with Crippen LogP contribution in [0.25, 0.3) is 11.1 Å². The third kappa shape index (κ3) is 6.48. The molecule has 4 aromatic rings. The van der Waals surface area contributed by atoms with Crippen LogP contribution in [0.4, 0.5) is 9.39 Å². The Kier molecular flexibility index (Phi) is 8.80. The van der Waals surface area contributed by atoms with E-state index in [0.29, 0.717) is 32.9 Å². The van der Waals surface area contributed by atoms with Gasteiger partial charge in [-0.2, -0.15) is 0 Å². The number of ether oxygens (including phenoxy) is 2. The molecule has 2 aromatic heterocycles. The number of anilines is 1. The fourth-order valence-electron chi connectivity index (χ4n) is 3.31. The summed E-state index contributed by atoms with van der Waals surface area (Å²) in [7, 11) is 1.75. The van der Waals surface area contributed by atoms with Gasteiger partial charge in [0.15, 0.2) is 11.0 Å². The maximum absolute atomic E-state index is 13.2. The van der Waals surface area contributed by atoms with Crippen molar-refractivity contribution in [2.24, 2.45) is 7.05 Å². The zero-order valence-electron chi connectivity index (χ0n) is 19.9. The van der Waals surface area contributed by atoms with Gasteiger partial charge in [-0.25, -0.2) is 9.18 Å². The van der Waals surface area contributed by atoms with Crippen molar-refractivity contribution in [3.63, 3.8) is 0 Å². The monoisotopic (exact) mass is 560 g/mol. The van der Waals surface area contributed by atoms with Gasteiger partial charge in [-0.05, 0) is 30.7 Å². The highest BCUT2D eigenvalue weighted by atomic mass is 35.5. The summed E-state index contributed by atoms with van der Waals surface area (Å²) < 4.78 is 25.8. The molecule has 0 aliphatic rings. The molecule has 8 nitrogen and oxygen atoms in total. The first-order valence-corrected chi connectivity index (χ1v) is 13.3. The third-order valence-electron chi connectivity index (χ3n) is 5.12. The second-order valence-electron chi connectivity index (χ2n) is 7.60. The lowest BCUT2D eigenvalue weighted by Crippen LogP contribution is -2.16. The minimum absolute atomic E-state index is 0.0391. The van der Waals surface area contributed by atoms with E-state index in [1.54, 1.807) is 18.5 Å². The van der Waals surface area contributed by atoms with Gasteiger partial charge in [0.2, 0.25) is 5.91 Å². The lowest BCUT2D eigenvalue weighted by molar-refractivity contribution is -0.113. The molecule has 1 N–H and O–H groups in total. The molecule has 0 unspecified atom stereocenters. The summed E-state index contributed by atoms with van der Waals surface area (Å²) in [6.07, 6.45) is 0. The highest BCUT2D eigenvalue weighted by molar-refractivity contribution is 7.99. The summed E-state index contributed by atoms with van der Waals surface area (Å²) in [5, 5.41) is 13.9. The number of nitrogens with zero attached hydrogens (tertiary/aromatic N) is 3. The molecule has 12 heteroatoms. The molecule has 0 spiro atoms. The summed E-state index contributed by atoms with van der Waals surface area (Å²) in [4.78, 5) is 25.5. The van der Waals surface area contributed by atoms with Crippen LogP contribution >= 0.6 is 34.7 Å². The fourth-order valence-corrected chi connectivity index (χ4v) is 5.24. The molecular formula is C25H22ClFN4O4S2. The quantitative estimate of drug-likeness (QED) is 0.193. The summed E-state index contributed by atoms with van der Waals surface area (Å²) in [6.45, 7) is 2.01. The van der Waals surface area contributed by atoms with Crippen molar-refractivity contribution >= 4 is 51.6 Å². The van der Waals surface area contributed by atoms with Crippen LogP contribution in [-0.4, -0.2) is 39.0 Å². The zero-order valence-corrected chi connectivity index (χ0v) is 22.3. The largest absolute Gasteiger partial charge is 0.484 e. The predicted octanol–water partition coefficient (Wildman–Crippen LogP) is 5.82. The first-order valence-electron chi connectivity index (χ1n) is 11.1.